The average molecular weight is 218 g/mol. The largest absolute Gasteiger partial charge is 0.481 e. The Hall–Kier alpha value is -1.31. The molecule has 0 amide bonds. The monoisotopic (exact) mass is 218 g/mol. The Bertz CT molecular complexity index is 403. The van der Waals surface area contributed by atoms with Crippen LogP contribution in [0.2, 0.25) is 0 Å². The van der Waals surface area contributed by atoms with Gasteiger partial charge in [-0.15, -0.1) is 0 Å². The predicted octanol–water partition coefficient (Wildman–Crippen LogP) is 3.07. The van der Waals surface area contributed by atoms with E-state index in [1.165, 1.54) is 5.56 Å². The van der Waals surface area contributed by atoms with Gasteiger partial charge in [0.25, 0.3) is 0 Å². The fraction of sp³-hybridized carbons (Fsp3) is 0.500. The molecule has 1 aliphatic rings. The summed E-state index contributed by atoms with van der Waals surface area (Å²) < 4.78 is 0. The number of hydrogen-bond acceptors (Lipinski definition) is 1. The summed E-state index contributed by atoms with van der Waals surface area (Å²) in [6.07, 6.45) is 1.02. The molecule has 1 aromatic carbocycles. The first-order valence-corrected chi connectivity index (χ1v) is 5.80. The van der Waals surface area contributed by atoms with E-state index in [4.69, 9.17) is 5.11 Å². The fourth-order valence-corrected chi connectivity index (χ4v) is 2.68. The van der Waals surface area contributed by atoms with Crippen molar-refractivity contribution in [2.45, 2.75) is 33.1 Å². The van der Waals surface area contributed by atoms with Crippen LogP contribution in [0.15, 0.2) is 24.3 Å². The quantitative estimate of drug-likeness (QED) is 0.846. The van der Waals surface area contributed by atoms with Crippen molar-refractivity contribution in [2.75, 3.05) is 0 Å². The van der Waals surface area contributed by atoms with E-state index in [1.54, 1.807) is 0 Å². The summed E-state index contributed by atoms with van der Waals surface area (Å²) in [7, 11) is 0. The van der Waals surface area contributed by atoms with E-state index in [0.29, 0.717) is 0 Å². The summed E-state index contributed by atoms with van der Waals surface area (Å²) in [5.41, 5.74) is 2.36. The summed E-state index contributed by atoms with van der Waals surface area (Å²) in [5.74, 6) is -0.717. The van der Waals surface area contributed by atoms with E-state index < -0.39 is 5.97 Å². The van der Waals surface area contributed by atoms with Crippen molar-refractivity contribution >= 4 is 5.97 Å². The lowest BCUT2D eigenvalue weighted by Gasteiger charge is -2.03. The summed E-state index contributed by atoms with van der Waals surface area (Å²) in [6, 6.07) is 8.35. The van der Waals surface area contributed by atoms with E-state index in [1.807, 2.05) is 13.8 Å². The van der Waals surface area contributed by atoms with Crippen molar-refractivity contribution in [3.63, 3.8) is 0 Å². The van der Waals surface area contributed by atoms with Crippen LogP contribution in [0.25, 0.3) is 0 Å². The number of aliphatic carboxylic acids is 1. The average Bonchev–Trinajstić information content (AvgIpc) is 2.82. The highest BCUT2D eigenvalue weighted by Gasteiger charge is 2.62. The summed E-state index contributed by atoms with van der Waals surface area (Å²) in [5, 5.41) is 9.12. The second-order valence-corrected chi connectivity index (χ2v) is 5.21. The van der Waals surface area contributed by atoms with Crippen molar-refractivity contribution in [3.8, 4) is 0 Å². The molecule has 16 heavy (non-hydrogen) atoms. The van der Waals surface area contributed by atoms with Crippen molar-refractivity contribution in [2.24, 2.45) is 11.3 Å². The Morgan fingerprint density at radius 2 is 1.88 bits per heavy atom. The van der Waals surface area contributed by atoms with Crippen molar-refractivity contribution in [1.82, 2.24) is 0 Å². The molecule has 86 valence electrons. The fourth-order valence-electron chi connectivity index (χ4n) is 2.68. The predicted molar refractivity (Wildman–Crippen MR) is 63.5 cm³/mol. The van der Waals surface area contributed by atoms with Gasteiger partial charge >= 0.3 is 5.97 Å². The number of benzene rings is 1. The second kappa shape index (κ2) is 3.62. The molecule has 2 atom stereocenters. The summed E-state index contributed by atoms with van der Waals surface area (Å²) in [4.78, 5) is 11.1. The molecule has 1 aromatic rings. The molecule has 0 aliphatic heterocycles. The van der Waals surface area contributed by atoms with Crippen LogP contribution >= 0.6 is 0 Å². The van der Waals surface area contributed by atoms with Crippen molar-refractivity contribution in [3.05, 3.63) is 35.4 Å². The number of aryl methyl sites for hydroxylation is 1. The third kappa shape index (κ3) is 1.62. The zero-order valence-corrected chi connectivity index (χ0v) is 10.0. The second-order valence-electron chi connectivity index (χ2n) is 5.21. The van der Waals surface area contributed by atoms with Gasteiger partial charge in [-0.25, -0.2) is 0 Å². The molecule has 2 rings (SSSR count). The molecule has 0 radical (unpaired) electrons. The number of hydrogen-bond donors (Lipinski definition) is 1. The minimum Gasteiger partial charge on any atom is -0.481 e. The van der Waals surface area contributed by atoms with E-state index in [9.17, 15) is 4.79 Å². The first-order chi connectivity index (χ1) is 7.48. The van der Waals surface area contributed by atoms with E-state index in [-0.39, 0.29) is 17.3 Å². The number of carbonyl (C=O) groups is 1. The van der Waals surface area contributed by atoms with Gasteiger partial charge in [0.1, 0.15) is 0 Å². The van der Waals surface area contributed by atoms with Crippen LogP contribution in [0.5, 0.6) is 0 Å². The molecular weight excluding hydrogens is 200 g/mol. The lowest BCUT2D eigenvalue weighted by molar-refractivity contribution is -0.139. The number of carboxylic acid groups (broad SMARTS) is 1. The molecular formula is C14H18O2. The van der Waals surface area contributed by atoms with E-state index in [0.717, 1.165) is 12.0 Å². The van der Waals surface area contributed by atoms with Crippen molar-refractivity contribution in [1.29, 1.82) is 0 Å². The van der Waals surface area contributed by atoms with Crippen LogP contribution in [-0.2, 0) is 11.2 Å². The third-order valence-corrected chi connectivity index (χ3v) is 3.84. The lowest BCUT2D eigenvalue weighted by Crippen LogP contribution is -2.03. The van der Waals surface area contributed by atoms with Gasteiger partial charge in [0, 0.05) is 5.92 Å². The molecule has 2 unspecified atom stereocenters. The van der Waals surface area contributed by atoms with Crippen LogP contribution in [0.1, 0.15) is 37.8 Å². The molecule has 0 bridgehead atoms. The highest BCUT2D eigenvalue weighted by atomic mass is 16.4. The van der Waals surface area contributed by atoms with Gasteiger partial charge in [-0.3, -0.25) is 4.79 Å². The minimum atomic E-state index is -0.672. The van der Waals surface area contributed by atoms with Crippen LogP contribution < -0.4 is 0 Å². The van der Waals surface area contributed by atoms with Crippen LogP contribution in [0, 0.1) is 11.3 Å². The molecule has 1 fully saturated rings. The van der Waals surface area contributed by atoms with E-state index >= 15 is 0 Å². The zero-order chi connectivity index (χ0) is 11.9. The van der Waals surface area contributed by atoms with Gasteiger partial charge in [-0.1, -0.05) is 45.0 Å². The van der Waals surface area contributed by atoms with Crippen LogP contribution in [-0.4, -0.2) is 11.1 Å². The first-order valence-electron chi connectivity index (χ1n) is 5.80. The summed E-state index contributed by atoms with van der Waals surface area (Å²) in [6.45, 7) is 6.19. The minimum absolute atomic E-state index is 0.0977. The van der Waals surface area contributed by atoms with Crippen LogP contribution in [0.4, 0.5) is 0 Å². The van der Waals surface area contributed by atoms with Gasteiger partial charge in [-0.05, 0) is 23.0 Å². The Morgan fingerprint density at radius 3 is 2.25 bits per heavy atom. The molecule has 1 saturated carbocycles. The van der Waals surface area contributed by atoms with E-state index in [2.05, 4.69) is 31.2 Å². The smallest absolute Gasteiger partial charge is 0.307 e. The number of carboxylic acids is 1. The lowest BCUT2D eigenvalue weighted by atomic mass is 10.0. The van der Waals surface area contributed by atoms with Gasteiger partial charge in [0.2, 0.25) is 0 Å². The molecule has 0 saturated heterocycles. The maximum Gasteiger partial charge on any atom is 0.307 e. The van der Waals surface area contributed by atoms with Gasteiger partial charge in [0.05, 0.1) is 5.92 Å². The van der Waals surface area contributed by atoms with Gasteiger partial charge in [0.15, 0.2) is 0 Å². The summed E-state index contributed by atoms with van der Waals surface area (Å²) >= 11 is 0. The Kier molecular flexibility index (Phi) is 2.53. The zero-order valence-electron chi connectivity index (χ0n) is 10.0. The maximum atomic E-state index is 11.1. The number of rotatable bonds is 3. The molecule has 0 heterocycles. The molecule has 2 heteroatoms. The molecule has 1 aliphatic carbocycles. The highest BCUT2D eigenvalue weighted by molar-refractivity contribution is 5.77. The van der Waals surface area contributed by atoms with Gasteiger partial charge in [-0.2, -0.15) is 0 Å². The maximum absolute atomic E-state index is 11.1. The third-order valence-electron chi connectivity index (χ3n) is 3.84. The standard InChI is InChI=1S/C14H18O2/c1-4-9-5-7-10(8-6-9)11-12(13(15)16)14(11,2)3/h5-8,11-12H,4H2,1-3H3,(H,15,16). The van der Waals surface area contributed by atoms with Gasteiger partial charge < -0.3 is 5.11 Å². The Labute approximate surface area is 96.3 Å². The Balaban J connectivity index is 2.23. The normalized spacial score (nSPS) is 26.4. The topological polar surface area (TPSA) is 37.3 Å². The first kappa shape index (κ1) is 11.2. The van der Waals surface area contributed by atoms with Crippen LogP contribution in [0.3, 0.4) is 0 Å². The molecule has 0 spiro atoms. The molecule has 0 aromatic heterocycles. The Morgan fingerprint density at radius 1 is 1.31 bits per heavy atom. The highest BCUT2D eigenvalue weighted by Crippen LogP contribution is 2.64. The van der Waals surface area contributed by atoms with Crippen molar-refractivity contribution < 1.29 is 9.90 Å². The molecule has 2 nitrogen and oxygen atoms in total. The molecule has 1 N–H and O–H groups in total. The SMILES string of the molecule is CCc1ccc(C2C(C(=O)O)C2(C)C)cc1.